The quantitative estimate of drug-likeness (QED) is 0.220. The van der Waals surface area contributed by atoms with Crippen LogP contribution in [0.2, 0.25) is 0 Å². The summed E-state index contributed by atoms with van der Waals surface area (Å²) >= 11 is 0. The Morgan fingerprint density at radius 1 is 0.628 bits per heavy atom. The van der Waals surface area contributed by atoms with Gasteiger partial charge in [0.1, 0.15) is 0 Å². The molecule has 4 nitrogen and oxygen atoms in total. The van der Waals surface area contributed by atoms with E-state index in [0.717, 1.165) is 24.5 Å². The summed E-state index contributed by atoms with van der Waals surface area (Å²) in [5.74, 6) is 1.66. The van der Waals surface area contributed by atoms with Gasteiger partial charge in [-0.2, -0.15) is 13.1 Å². The molecule has 3 rings (SSSR count). The molecule has 0 spiro atoms. The number of hydrogen-bond donors (Lipinski definition) is 0. The fourth-order valence-electron chi connectivity index (χ4n) is 5.83. The van der Waals surface area contributed by atoms with E-state index >= 15 is 0 Å². The van der Waals surface area contributed by atoms with Crippen molar-refractivity contribution < 1.29 is 26.2 Å². The number of piperidine rings is 1. The molecule has 0 radical (unpaired) electrons. The number of benzene rings is 2. The Bertz CT molecular complexity index is 887. The van der Waals surface area contributed by atoms with E-state index in [4.69, 9.17) is 10.6 Å². The van der Waals surface area contributed by atoms with E-state index in [1.54, 1.807) is 0 Å². The van der Waals surface area contributed by atoms with Gasteiger partial charge in [-0.25, -0.2) is 0 Å². The second kappa shape index (κ2) is 21.6. The predicted octanol–water partition coefficient (Wildman–Crippen LogP) is 12.7. The molecule has 1 aliphatic rings. The summed E-state index contributed by atoms with van der Waals surface area (Å²) < 4.78 is 0. The topological polar surface area (TPSA) is 45.5 Å². The third-order valence-electron chi connectivity index (χ3n) is 8.15. The summed E-state index contributed by atoms with van der Waals surface area (Å²) in [7, 11) is 0. The largest absolute Gasteiger partial charge is 0.684 e. The number of para-hydroxylation sites is 2. The van der Waals surface area contributed by atoms with Gasteiger partial charge in [0.05, 0.1) is 0 Å². The summed E-state index contributed by atoms with van der Waals surface area (Å²) in [6, 6.07) is 14.4. The molecule has 246 valence electrons. The summed E-state index contributed by atoms with van der Waals surface area (Å²) in [5.41, 5.74) is 7.63. The Kier molecular flexibility index (Phi) is 22.0. The van der Waals surface area contributed by atoms with E-state index in [1.807, 2.05) is 13.8 Å². The first-order valence-electron chi connectivity index (χ1n) is 16.0. The van der Waals surface area contributed by atoms with E-state index in [-0.39, 0.29) is 47.3 Å². The molecule has 43 heavy (non-hydrogen) atoms. The molecule has 1 saturated heterocycles. The third-order valence-corrected chi connectivity index (χ3v) is 8.15. The molecule has 0 aliphatic carbocycles. The van der Waals surface area contributed by atoms with E-state index < -0.39 is 0 Å². The van der Waals surface area contributed by atoms with Gasteiger partial charge >= 0.3 is 0 Å². The summed E-state index contributed by atoms with van der Waals surface area (Å²) in [5, 5.41) is 15.1. The molecule has 0 saturated carbocycles. The zero-order chi connectivity index (χ0) is 30.0. The Morgan fingerprint density at radius 3 is 1.16 bits per heavy atom. The molecule has 5 heteroatoms. The van der Waals surface area contributed by atoms with Crippen LogP contribution in [0.5, 0.6) is 0 Å². The van der Waals surface area contributed by atoms with Crippen molar-refractivity contribution in [2.24, 2.45) is 0 Å². The third kappa shape index (κ3) is 12.3. The molecular weight excluding hydrogens is 604 g/mol. The molecule has 1 heterocycles. The first-order valence-corrected chi connectivity index (χ1v) is 16.0. The van der Waals surface area contributed by atoms with Crippen LogP contribution < -0.4 is 0 Å². The van der Waals surface area contributed by atoms with Crippen LogP contribution in [0.3, 0.4) is 0 Å². The van der Waals surface area contributed by atoms with E-state index in [0.29, 0.717) is 35.8 Å². The van der Waals surface area contributed by atoms with E-state index in [1.165, 1.54) is 41.5 Å². The number of hydrogen-bond acceptors (Lipinski definition) is 1. The van der Waals surface area contributed by atoms with Crippen LogP contribution in [0, 0.1) is 14.9 Å². The molecular formula is C38H65N4Zr-5. The van der Waals surface area contributed by atoms with Crippen LogP contribution in [-0.2, 0) is 26.2 Å². The molecule has 0 N–H and O–H groups in total. The summed E-state index contributed by atoms with van der Waals surface area (Å²) in [6.45, 7) is 29.0. The smallest absolute Gasteiger partial charge is 0.00399 e. The molecule has 2 aromatic rings. The van der Waals surface area contributed by atoms with Crippen molar-refractivity contribution in [2.75, 3.05) is 13.1 Å². The Balaban J connectivity index is 0. The van der Waals surface area contributed by atoms with Gasteiger partial charge < -0.3 is 35.7 Å². The van der Waals surface area contributed by atoms with Crippen LogP contribution in [-0.4, -0.2) is 36.4 Å². The normalized spacial score (nSPS) is 16.8. The first kappa shape index (κ1) is 44.0. The predicted molar refractivity (Wildman–Crippen MR) is 191 cm³/mol. The van der Waals surface area contributed by atoms with Crippen LogP contribution >= 0.6 is 0 Å². The SMILES string of the molecule is CC(C)c1cccc(C(C)C)c1[N-]C([N-]c1c(C(C)C)cccc1C(C)C)N1C(C)CCCC1C.CC[N-]CC.[CH3-].[CH3-].[Zr]. The maximum atomic E-state index is 5.58. The van der Waals surface area contributed by atoms with Gasteiger partial charge in [-0.1, -0.05) is 134 Å². The van der Waals surface area contributed by atoms with Crippen molar-refractivity contribution in [1.82, 2.24) is 4.90 Å². The Morgan fingerprint density at radius 2 is 0.930 bits per heavy atom. The van der Waals surface area contributed by atoms with Crippen LogP contribution in [0.4, 0.5) is 11.4 Å². The standard InChI is InChI=1S/C32H49N3.C4H10N.2CH3.Zr/c1-20(2)26-16-12-17-27(21(3)4)30(26)33-32(35-24(9)14-11-15-25(35)10)34-31-28(22(5)6)18-13-19-29(31)23(7)8;1-3-5-4-2;;;/h12-13,16-25,32H,11,14-15H2,1-10H3;3-4H2,1-2H3;2*1H3;/q-2;3*-1;. The zero-order valence-corrected chi connectivity index (χ0v) is 32.8. The number of nitrogens with zero attached hydrogens (tertiary/aromatic N) is 4. The average Bonchev–Trinajstić information content (AvgIpc) is 2.89. The van der Waals surface area contributed by atoms with Gasteiger partial charge in [-0.15, -0.1) is 17.7 Å². The molecule has 2 aromatic carbocycles. The van der Waals surface area contributed by atoms with Crippen molar-refractivity contribution in [3.63, 3.8) is 0 Å². The summed E-state index contributed by atoms with van der Waals surface area (Å²) in [6.07, 6.45) is 3.47. The van der Waals surface area contributed by atoms with Crippen molar-refractivity contribution in [3.8, 4) is 0 Å². The van der Waals surface area contributed by atoms with Crippen molar-refractivity contribution in [3.05, 3.63) is 89.5 Å². The molecule has 2 atom stereocenters. The Labute approximate surface area is 288 Å². The maximum Gasteiger partial charge on any atom is 0.00399 e. The molecule has 2 unspecified atom stereocenters. The van der Waals surface area contributed by atoms with Crippen molar-refractivity contribution in [1.29, 1.82) is 0 Å². The molecule has 0 aromatic heterocycles. The average molecular weight is 669 g/mol. The maximum absolute atomic E-state index is 5.58. The van der Waals surface area contributed by atoms with Crippen molar-refractivity contribution >= 4 is 11.4 Å². The second-order valence-corrected chi connectivity index (χ2v) is 12.7. The second-order valence-electron chi connectivity index (χ2n) is 12.7. The number of likely N-dealkylation sites (tertiary alicyclic amines) is 1. The van der Waals surface area contributed by atoms with Gasteiger partial charge in [-0.05, 0) is 50.4 Å². The molecule has 1 fully saturated rings. The van der Waals surface area contributed by atoms with Crippen molar-refractivity contribution in [2.45, 2.75) is 144 Å². The van der Waals surface area contributed by atoms with Gasteiger partial charge in [0.2, 0.25) is 0 Å². The van der Waals surface area contributed by atoms with E-state index in [9.17, 15) is 0 Å². The zero-order valence-electron chi connectivity index (χ0n) is 30.3. The van der Waals surface area contributed by atoms with Crippen LogP contribution in [0.25, 0.3) is 16.0 Å². The van der Waals surface area contributed by atoms with Gasteiger partial charge in [0.25, 0.3) is 0 Å². The van der Waals surface area contributed by atoms with Gasteiger partial charge in [-0.3, -0.25) is 0 Å². The van der Waals surface area contributed by atoms with E-state index in [2.05, 4.69) is 116 Å². The molecule has 0 amide bonds. The van der Waals surface area contributed by atoms with Gasteiger partial charge in [0.15, 0.2) is 0 Å². The molecule has 0 bridgehead atoms. The minimum absolute atomic E-state index is 0. The minimum Gasteiger partial charge on any atom is -0.684 e. The monoisotopic (exact) mass is 667 g/mol. The van der Waals surface area contributed by atoms with Gasteiger partial charge in [0, 0.05) is 38.3 Å². The van der Waals surface area contributed by atoms with Crippen LogP contribution in [0.15, 0.2) is 36.4 Å². The van der Waals surface area contributed by atoms with Crippen LogP contribution in [0.1, 0.15) is 148 Å². The molecule has 1 aliphatic heterocycles. The number of rotatable bonds is 11. The minimum atomic E-state index is -0.227. The first-order chi connectivity index (χ1) is 18.9. The fourth-order valence-corrected chi connectivity index (χ4v) is 5.83. The fraction of sp³-hybridized carbons (Fsp3) is 0.632. The summed E-state index contributed by atoms with van der Waals surface area (Å²) in [4.78, 5) is 2.59. The Hall–Kier alpha value is -1.16.